The zero-order chi connectivity index (χ0) is 17.3. The van der Waals surface area contributed by atoms with E-state index in [2.05, 4.69) is 0 Å². The first-order chi connectivity index (χ1) is 11.4. The molecule has 3 rings (SSSR count). The predicted octanol–water partition coefficient (Wildman–Crippen LogP) is 2.89. The maximum Gasteiger partial charge on any atom is 0.262 e. The number of halogens is 2. The van der Waals surface area contributed by atoms with E-state index in [-0.39, 0.29) is 10.8 Å². The number of nitrogens with one attached hydrogen (secondary N) is 1. The van der Waals surface area contributed by atoms with Gasteiger partial charge in [0.05, 0.1) is 4.90 Å². The van der Waals surface area contributed by atoms with Crippen molar-refractivity contribution in [3.05, 3.63) is 54.1 Å². The minimum Gasteiger partial charge on any atom is -0.312 e. The number of hydrogen-bond donors (Lipinski definition) is 1. The van der Waals surface area contributed by atoms with Gasteiger partial charge in [0.1, 0.15) is 17.3 Å². The van der Waals surface area contributed by atoms with E-state index in [1.807, 2.05) is 4.72 Å². The molecule has 0 aliphatic carbocycles. The molecule has 1 amide bonds. The molecule has 2 aromatic rings. The number of amides is 1. The van der Waals surface area contributed by atoms with Gasteiger partial charge in [-0.1, -0.05) is 6.07 Å². The van der Waals surface area contributed by atoms with Gasteiger partial charge in [-0.05, 0) is 42.8 Å². The van der Waals surface area contributed by atoms with E-state index in [0.29, 0.717) is 18.7 Å². The highest BCUT2D eigenvalue weighted by molar-refractivity contribution is 7.92. The van der Waals surface area contributed by atoms with Gasteiger partial charge in [-0.3, -0.25) is 9.52 Å². The van der Waals surface area contributed by atoms with Crippen molar-refractivity contribution in [2.75, 3.05) is 16.2 Å². The fourth-order valence-corrected chi connectivity index (χ4v) is 3.59. The van der Waals surface area contributed by atoms with Crippen LogP contribution in [0.15, 0.2) is 47.4 Å². The number of carbonyl (C=O) groups is 1. The minimum atomic E-state index is -4.15. The van der Waals surface area contributed by atoms with Crippen LogP contribution in [0.2, 0.25) is 0 Å². The molecule has 0 radical (unpaired) electrons. The molecule has 0 spiro atoms. The summed E-state index contributed by atoms with van der Waals surface area (Å²) in [5, 5.41) is 0. The monoisotopic (exact) mass is 352 g/mol. The molecule has 1 aliphatic heterocycles. The third kappa shape index (κ3) is 3.09. The van der Waals surface area contributed by atoms with Gasteiger partial charge in [0.2, 0.25) is 5.91 Å². The summed E-state index contributed by atoms with van der Waals surface area (Å²) in [6, 6.07) is 8.64. The molecular formula is C16H14F2N2O3S. The van der Waals surface area contributed by atoms with Crippen LogP contribution in [0.25, 0.3) is 0 Å². The van der Waals surface area contributed by atoms with Crippen LogP contribution in [0.4, 0.5) is 20.2 Å². The van der Waals surface area contributed by atoms with Crippen molar-refractivity contribution in [1.82, 2.24) is 0 Å². The highest BCUT2D eigenvalue weighted by Gasteiger charge is 2.23. The summed E-state index contributed by atoms with van der Waals surface area (Å²) in [4.78, 5) is 13.1. The van der Waals surface area contributed by atoms with Crippen LogP contribution in [0, 0.1) is 11.6 Å². The van der Waals surface area contributed by atoms with E-state index in [1.165, 1.54) is 24.3 Å². The van der Waals surface area contributed by atoms with Gasteiger partial charge < -0.3 is 4.90 Å². The normalized spacial score (nSPS) is 14.9. The lowest BCUT2D eigenvalue weighted by Gasteiger charge is -2.16. The second kappa shape index (κ2) is 6.20. The molecule has 0 saturated carbocycles. The number of hydrogen-bond acceptors (Lipinski definition) is 3. The Morgan fingerprint density at radius 2 is 1.62 bits per heavy atom. The fraction of sp³-hybridized carbons (Fsp3) is 0.188. The molecule has 0 atom stereocenters. The number of anilines is 2. The average Bonchev–Trinajstić information content (AvgIpc) is 2.97. The Kier molecular flexibility index (Phi) is 4.23. The van der Waals surface area contributed by atoms with Crippen LogP contribution >= 0.6 is 0 Å². The van der Waals surface area contributed by atoms with E-state index in [4.69, 9.17) is 0 Å². The molecule has 24 heavy (non-hydrogen) atoms. The van der Waals surface area contributed by atoms with Gasteiger partial charge >= 0.3 is 0 Å². The topological polar surface area (TPSA) is 66.5 Å². The highest BCUT2D eigenvalue weighted by atomic mass is 32.2. The SMILES string of the molecule is O=C1CCCN1c1ccc(S(=O)(=O)Nc2c(F)cccc2F)cc1. The van der Waals surface area contributed by atoms with E-state index in [0.717, 1.165) is 24.6 Å². The summed E-state index contributed by atoms with van der Waals surface area (Å²) in [5.41, 5.74) is -0.134. The predicted molar refractivity (Wildman–Crippen MR) is 85.2 cm³/mol. The van der Waals surface area contributed by atoms with Gasteiger partial charge in [-0.2, -0.15) is 0 Å². The van der Waals surface area contributed by atoms with Gasteiger partial charge in [-0.15, -0.1) is 0 Å². The Labute approximate surface area is 138 Å². The highest BCUT2D eigenvalue weighted by Crippen LogP contribution is 2.25. The summed E-state index contributed by atoms with van der Waals surface area (Å²) in [6.45, 7) is 0.587. The van der Waals surface area contributed by atoms with Crippen LogP contribution < -0.4 is 9.62 Å². The third-order valence-electron chi connectivity index (χ3n) is 3.73. The molecule has 126 valence electrons. The quantitative estimate of drug-likeness (QED) is 0.920. The molecule has 1 fully saturated rings. The molecule has 1 heterocycles. The average molecular weight is 352 g/mol. The molecular weight excluding hydrogens is 338 g/mol. The standard InChI is InChI=1S/C16H14F2N2O3S/c17-13-3-1-4-14(18)16(13)19-24(22,23)12-8-6-11(7-9-12)20-10-2-5-15(20)21/h1,3-4,6-9,19H,2,5,10H2. The summed E-state index contributed by atoms with van der Waals surface area (Å²) in [6.07, 6.45) is 1.22. The fourth-order valence-electron chi connectivity index (χ4n) is 2.51. The maximum absolute atomic E-state index is 13.6. The summed E-state index contributed by atoms with van der Waals surface area (Å²) < 4.78 is 53.7. The first kappa shape index (κ1) is 16.4. The summed E-state index contributed by atoms with van der Waals surface area (Å²) in [7, 11) is -4.15. The minimum absolute atomic E-state index is 0.0165. The van der Waals surface area contributed by atoms with Crippen LogP contribution in [-0.2, 0) is 14.8 Å². The second-order valence-corrected chi connectivity index (χ2v) is 7.03. The van der Waals surface area contributed by atoms with Gasteiger partial charge in [0.25, 0.3) is 10.0 Å². The molecule has 1 aliphatic rings. The molecule has 2 aromatic carbocycles. The lowest BCUT2D eigenvalue weighted by atomic mass is 10.3. The third-order valence-corrected chi connectivity index (χ3v) is 5.10. The Morgan fingerprint density at radius 1 is 1.00 bits per heavy atom. The van der Waals surface area contributed by atoms with E-state index in [9.17, 15) is 22.0 Å². The number of sulfonamides is 1. The Bertz CT molecular complexity index is 862. The maximum atomic E-state index is 13.6. The number of nitrogens with zero attached hydrogens (tertiary/aromatic N) is 1. The second-order valence-electron chi connectivity index (χ2n) is 5.34. The van der Waals surface area contributed by atoms with Crippen molar-refractivity contribution in [3.8, 4) is 0 Å². The van der Waals surface area contributed by atoms with Crippen LogP contribution in [0.3, 0.4) is 0 Å². The van der Waals surface area contributed by atoms with Crippen molar-refractivity contribution in [2.24, 2.45) is 0 Å². The summed E-state index contributed by atoms with van der Waals surface area (Å²) >= 11 is 0. The first-order valence-electron chi connectivity index (χ1n) is 7.26. The van der Waals surface area contributed by atoms with Crippen molar-refractivity contribution >= 4 is 27.3 Å². The van der Waals surface area contributed by atoms with Crippen molar-refractivity contribution in [1.29, 1.82) is 0 Å². The lowest BCUT2D eigenvalue weighted by Crippen LogP contribution is -2.23. The van der Waals surface area contributed by atoms with Crippen LogP contribution in [0.5, 0.6) is 0 Å². The van der Waals surface area contributed by atoms with Gasteiger partial charge in [0.15, 0.2) is 0 Å². The Hall–Kier alpha value is -2.48. The van der Waals surface area contributed by atoms with E-state index in [1.54, 1.807) is 4.90 Å². The van der Waals surface area contributed by atoms with Crippen LogP contribution in [0.1, 0.15) is 12.8 Å². The molecule has 5 nitrogen and oxygen atoms in total. The number of rotatable bonds is 4. The molecule has 0 aromatic heterocycles. The van der Waals surface area contributed by atoms with E-state index >= 15 is 0 Å². The van der Waals surface area contributed by atoms with Crippen LogP contribution in [-0.4, -0.2) is 20.9 Å². The van der Waals surface area contributed by atoms with Crippen molar-refractivity contribution < 1.29 is 22.0 Å². The zero-order valence-corrected chi connectivity index (χ0v) is 13.3. The van der Waals surface area contributed by atoms with Gasteiger partial charge in [0, 0.05) is 18.7 Å². The zero-order valence-electron chi connectivity index (χ0n) is 12.5. The van der Waals surface area contributed by atoms with E-state index < -0.39 is 27.3 Å². The molecule has 1 saturated heterocycles. The number of carbonyl (C=O) groups excluding carboxylic acids is 1. The van der Waals surface area contributed by atoms with Crippen molar-refractivity contribution in [3.63, 3.8) is 0 Å². The molecule has 0 bridgehead atoms. The van der Waals surface area contributed by atoms with Gasteiger partial charge in [-0.25, -0.2) is 17.2 Å². The smallest absolute Gasteiger partial charge is 0.262 e. The number of para-hydroxylation sites is 1. The molecule has 8 heteroatoms. The Balaban J connectivity index is 1.86. The lowest BCUT2D eigenvalue weighted by molar-refractivity contribution is -0.117. The van der Waals surface area contributed by atoms with Crippen molar-refractivity contribution in [2.45, 2.75) is 17.7 Å². The first-order valence-corrected chi connectivity index (χ1v) is 8.74. The molecule has 0 unspecified atom stereocenters. The summed E-state index contributed by atoms with van der Waals surface area (Å²) in [5.74, 6) is -2.02. The Morgan fingerprint density at radius 3 is 2.17 bits per heavy atom. The largest absolute Gasteiger partial charge is 0.312 e. The molecule has 1 N–H and O–H groups in total. The number of benzene rings is 2.